The standard InChI is InChI=1S/C25H32N2O4S2/c1-25(2,24(29)19-7-11-21(12-8-19)26-33(4,30)31)17-27-15-5-6-20(16-27)23(28)18-9-13-22(32-3)14-10-18/h7-14,20,26H,5-6,15-17H2,1-4H3. The van der Waals surface area contributed by atoms with E-state index in [-0.39, 0.29) is 17.5 Å². The number of ketones is 2. The van der Waals surface area contributed by atoms with Gasteiger partial charge in [0.05, 0.1) is 6.26 Å². The second-order valence-electron chi connectivity index (χ2n) is 9.33. The summed E-state index contributed by atoms with van der Waals surface area (Å²) >= 11 is 1.65. The Balaban J connectivity index is 1.64. The molecule has 0 saturated carbocycles. The van der Waals surface area contributed by atoms with E-state index in [9.17, 15) is 18.0 Å². The van der Waals surface area contributed by atoms with Crippen LogP contribution in [0.15, 0.2) is 53.4 Å². The number of likely N-dealkylation sites (tertiary alicyclic amines) is 1. The van der Waals surface area contributed by atoms with Gasteiger partial charge in [-0.3, -0.25) is 14.3 Å². The lowest BCUT2D eigenvalue weighted by Crippen LogP contribution is -2.45. The molecule has 0 aromatic heterocycles. The molecule has 8 heteroatoms. The lowest BCUT2D eigenvalue weighted by molar-refractivity contribution is 0.0660. The van der Waals surface area contributed by atoms with E-state index in [0.717, 1.165) is 36.1 Å². The number of hydrogen-bond donors (Lipinski definition) is 1. The van der Waals surface area contributed by atoms with E-state index >= 15 is 0 Å². The Kier molecular flexibility index (Phi) is 8.03. The first-order chi connectivity index (χ1) is 15.5. The number of nitrogens with zero attached hydrogens (tertiary/aromatic N) is 1. The minimum absolute atomic E-state index is 0.00508. The molecule has 3 rings (SSSR count). The van der Waals surface area contributed by atoms with Crippen molar-refractivity contribution in [3.63, 3.8) is 0 Å². The highest BCUT2D eigenvalue weighted by Gasteiger charge is 2.34. The minimum atomic E-state index is -3.36. The largest absolute Gasteiger partial charge is 0.302 e. The fraction of sp³-hybridized carbons (Fsp3) is 0.440. The highest BCUT2D eigenvalue weighted by molar-refractivity contribution is 7.98. The Labute approximate surface area is 201 Å². The molecular weight excluding hydrogens is 456 g/mol. The average Bonchev–Trinajstić information content (AvgIpc) is 2.77. The van der Waals surface area contributed by atoms with Crippen LogP contribution in [-0.2, 0) is 10.0 Å². The van der Waals surface area contributed by atoms with Gasteiger partial charge >= 0.3 is 0 Å². The smallest absolute Gasteiger partial charge is 0.229 e. The van der Waals surface area contributed by atoms with Crippen LogP contribution in [-0.4, -0.2) is 57.0 Å². The van der Waals surface area contributed by atoms with Crippen molar-refractivity contribution >= 4 is 39.0 Å². The SMILES string of the molecule is CSc1ccc(C(=O)C2CCCN(CC(C)(C)C(=O)c3ccc(NS(C)(=O)=O)cc3)C2)cc1. The first-order valence-electron chi connectivity index (χ1n) is 11.0. The lowest BCUT2D eigenvalue weighted by Gasteiger charge is -2.37. The molecule has 1 unspecified atom stereocenters. The van der Waals surface area contributed by atoms with Gasteiger partial charge in [0.25, 0.3) is 0 Å². The molecular formula is C25H32N2O4S2. The lowest BCUT2D eigenvalue weighted by atomic mass is 9.82. The molecule has 1 heterocycles. The van der Waals surface area contributed by atoms with Crippen molar-refractivity contribution in [2.24, 2.45) is 11.3 Å². The summed E-state index contributed by atoms with van der Waals surface area (Å²) in [6, 6.07) is 14.3. The number of nitrogens with one attached hydrogen (secondary N) is 1. The highest BCUT2D eigenvalue weighted by Crippen LogP contribution is 2.28. The summed E-state index contributed by atoms with van der Waals surface area (Å²) in [5.74, 6) is 0.103. The van der Waals surface area contributed by atoms with Crippen molar-refractivity contribution in [1.29, 1.82) is 0 Å². The summed E-state index contributed by atoms with van der Waals surface area (Å²) < 4.78 is 25.2. The number of rotatable bonds is 9. The van der Waals surface area contributed by atoms with Crippen molar-refractivity contribution < 1.29 is 18.0 Å². The third-order valence-electron chi connectivity index (χ3n) is 5.93. The van der Waals surface area contributed by atoms with Crippen molar-refractivity contribution in [2.45, 2.75) is 31.6 Å². The van der Waals surface area contributed by atoms with E-state index < -0.39 is 15.4 Å². The van der Waals surface area contributed by atoms with Crippen LogP contribution >= 0.6 is 11.8 Å². The molecule has 1 fully saturated rings. The van der Waals surface area contributed by atoms with E-state index in [4.69, 9.17) is 0 Å². The number of hydrogen-bond acceptors (Lipinski definition) is 6. The minimum Gasteiger partial charge on any atom is -0.302 e. The third kappa shape index (κ3) is 6.91. The Morgan fingerprint density at radius 1 is 1.06 bits per heavy atom. The van der Waals surface area contributed by atoms with E-state index in [1.807, 2.05) is 44.4 Å². The summed E-state index contributed by atoms with van der Waals surface area (Å²) in [7, 11) is -3.36. The van der Waals surface area contributed by atoms with Crippen LogP contribution in [0.5, 0.6) is 0 Å². The highest BCUT2D eigenvalue weighted by atomic mass is 32.2. The molecule has 33 heavy (non-hydrogen) atoms. The summed E-state index contributed by atoms with van der Waals surface area (Å²) in [4.78, 5) is 29.6. The van der Waals surface area contributed by atoms with E-state index in [2.05, 4.69) is 9.62 Å². The monoisotopic (exact) mass is 488 g/mol. The molecule has 1 aliphatic rings. The third-order valence-corrected chi connectivity index (χ3v) is 7.28. The fourth-order valence-corrected chi connectivity index (χ4v) is 5.30. The van der Waals surface area contributed by atoms with Crippen LogP contribution in [0.25, 0.3) is 0 Å². The molecule has 2 aromatic rings. The van der Waals surface area contributed by atoms with E-state index in [1.165, 1.54) is 0 Å². The Morgan fingerprint density at radius 2 is 1.67 bits per heavy atom. The molecule has 1 saturated heterocycles. The summed E-state index contributed by atoms with van der Waals surface area (Å²) in [6.07, 6.45) is 4.89. The topological polar surface area (TPSA) is 83.6 Å². The molecule has 6 nitrogen and oxygen atoms in total. The van der Waals surface area contributed by atoms with Crippen molar-refractivity contribution in [3.8, 4) is 0 Å². The van der Waals surface area contributed by atoms with Gasteiger partial charge in [0.2, 0.25) is 10.0 Å². The summed E-state index contributed by atoms with van der Waals surface area (Å²) in [5, 5.41) is 0. The van der Waals surface area contributed by atoms with Gasteiger partial charge in [0, 0.05) is 46.1 Å². The number of benzene rings is 2. The summed E-state index contributed by atoms with van der Waals surface area (Å²) in [6.45, 7) is 5.92. The Bertz CT molecular complexity index is 1090. The van der Waals surface area contributed by atoms with E-state index in [1.54, 1.807) is 36.0 Å². The van der Waals surface area contributed by atoms with Crippen LogP contribution in [0.2, 0.25) is 0 Å². The first-order valence-corrected chi connectivity index (χ1v) is 14.1. The molecule has 0 radical (unpaired) electrons. The number of carbonyl (C=O) groups excluding carboxylic acids is 2. The number of Topliss-reactive ketones (excluding diaryl/α,β-unsaturated/α-hetero) is 2. The zero-order valence-corrected chi connectivity index (χ0v) is 21.3. The van der Waals surface area contributed by atoms with E-state index in [0.29, 0.717) is 24.3 Å². The zero-order chi connectivity index (χ0) is 24.2. The molecule has 0 aliphatic carbocycles. The summed E-state index contributed by atoms with van der Waals surface area (Å²) in [5.41, 5.74) is 1.07. The molecule has 0 amide bonds. The van der Waals surface area contributed by atoms with Crippen LogP contribution in [0, 0.1) is 11.3 Å². The molecule has 0 spiro atoms. The maximum Gasteiger partial charge on any atom is 0.229 e. The number of carbonyl (C=O) groups is 2. The van der Waals surface area contributed by atoms with Gasteiger partial charge in [0.1, 0.15) is 0 Å². The maximum atomic E-state index is 13.2. The molecule has 178 valence electrons. The van der Waals surface area contributed by atoms with Gasteiger partial charge in [-0.25, -0.2) is 8.42 Å². The van der Waals surface area contributed by atoms with Crippen LogP contribution < -0.4 is 4.72 Å². The van der Waals surface area contributed by atoms with Gasteiger partial charge in [-0.1, -0.05) is 26.0 Å². The molecule has 2 aromatic carbocycles. The van der Waals surface area contributed by atoms with Crippen LogP contribution in [0.1, 0.15) is 47.4 Å². The normalized spacial score (nSPS) is 17.5. The number of anilines is 1. The van der Waals surface area contributed by atoms with Crippen molar-refractivity contribution in [2.75, 3.05) is 36.9 Å². The zero-order valence-electron chi connectivity index (χ0n) is 19.6. The van der Waals surface area contributed by atoms with Gasteiger partial charge in [-0.2, -0.15) is 0 Å². The fourth-order valence-electron chi connectivity index (χ4n) is 4.33. The molecule has 1 aliphatic heterocycles. The second-order valence-corrected chi connectivity index (χ2v) is 12.0. The average molecular weight is 489 g/mol. The maximum absolute atomic E-state index is 13.2. The van der Waals surface area contributed by atoms with Crippen molar-refractivity contribution in [3.05, 3.63) is 59.7 Å². The molecule has 1 N–H and O–H groups in total. The van der Waals surface area contributed by atoms with Gasteiger partial charge in [-0.05, 0) is 62.0 Å². The molecule has 1 atom stereocenters. The first kappa shape index (κ1) is 25.5. The second kappa shape index (κ2) is 10.4. The predicted octanol–water partition coefficient (Wildman–Crippen LogP) is 4.58. The van der Waals surface area contributed by atoms with Gasteiger partial charge in [-0.15, -0.1) is 11.8 Å². The van der Waals surface area contributed by atoms with Crippen LogP contribution in [0.4, 0.5) is 5.69 Å². The molecule has 0 bridgehead atoms. The Hall–Kier alpha value is -2.16. The number of sulfonamides is 1. The quantitative estimate of drug-likeness (QED) is 0.411. The van der Waals surface area contributed by atoms with Crippen molar-refractivity contribution in [1.82, 2.24) is 4.90 Å². The predicted molar refractivity (Wildman–Crippen MR) is 135 cm³/mol. The number of piperidine rings is 1. The van der Waals surface area contributed by atoms with Crippen LogP contribution in [0.3, 0.4) is 0 Å². The Morgan fingerprint density at radius 3 is 2.24 bits per heavy atom. The number of thioether (sulfide) groups is 1. The van der Waals surface area contributed by atoms with Gasteiger partial charge in [0.15, 0.2) is 11.6 Å². The van der Waals surface area contributed by atoms with Gasteiger partial charge < -0.3 is 4.90 Å².